The molecule has 0 atom stereocenters. The third-order valence-corrected chi connectivity index (χ3v) is 7.14. The van der Waals surface area contributed by atoms with Gasteiger partial charge in [0.25, 0.3) is 0 Å². The van der Waals surface area contributed by atoms with Gasteiger partial charge in [-0.15, -0.1) is 0 Å². The van der Waals surface area contributed by atoms with Crippen molar-refractivity contribution in [2.75, 3.05) is 0 Å². The van der Waals surface area contributed by atoms with E-state index in [1.165, 1.54) is 54.2 Å². The van der Waals surface area contributed by atoms with E-state index in [-0.39, 0.29) is 10.8 Å². The Bertz CT molecular complexity index is 1560. The van der Waals surface area contributed by atoms with Crippen LogP contribution in [-0.4, -0.2) is 0 Å². The van der Waals surface area contributed by atoms with Gasteiger partial charge in [-0.3, -0.25) is 0 Å². The van der Waals surface area contributed by atoms with Gasteiger partial charge in [-0.2, -0.15) is 0 Å². The molecule has 36 heavy (non-hydrogen) atoms. The largest absolute Gasteiger partial charge is 0.0616 e. The number of fused-ring (bicyclic) bond motifs is 4. The van der Waals surface area contributed by atoms with Gasteiger partial charge < -0.3 is 0 Å². The van der Waals surface area contributed by atoms with E-state index in [2.05, 4.69) is 151 Å². The highest BCUT2D eigenvalue weighted by Gasteiger charge is 2.14. The van der Waals surface area contributed by atoms with Crippen LogP contribution < -0.4 is 0 Å². The summed E-state index contributed by atoms with van der Waals surface area (Å²) in [7, 11) is 0. The van der Waals surface area contributed by atoms with Crippen LogP contribution in [-0.2, 0) is 10.8 Å². The lowest BCUT2D eigenvalue weighted by Gasteiger charge is -2.19. The molecule has 0 nitrogen and oxygen atoms in total. The van der Waals surface area contributed by atoms with Gasteiger partial charge in [-0.25, -0.2) is 0 Å². The lowest BCUT2D eigenvalue weighted by atomic mass is 9.85. The fourth-order valence-electron chi connectivity index (χ4n) is 4.81. The quantitative estimate of drug-likeness (QED) is 0.194. The fourth-order valence-corrected chi connectivity index (χ4v) is 4.81. The lowest BCUT2D eigenvalue weighted by Crippen LogP contribution is -2.10. The standard InChI is InChI=1S/2C18H18/c2*1-18(2,3)17-9-8-15-10-13-6-4-5-7-14(13)11-16(15)12-17/h2*4-12H,1-3H3. The summed E-state index contributed by atoms with van der Waals surface area (Å²) < 4.78 is 0. The maximum Gasteiger partial charge on any atom is -0.0132 e. The molecule has 0 aromatic heterocycles. The summed E-state index contributed by atoms with van der Waals surface area (Å²) in [5.41, 5.74) is 3.20. The van der Waals surface area contributed by atoms with Gasteiger partial charge in [0.1, 0.15) is 0 Å². The summed E-state index contributed by atoms with van der Waals surface area (Å²) in [6.45, 7) is 13.6. The number of hydrogen-bond donors (Lipinski definition) is 0. The normalized spacial score (nSPS) is 12.2. The minimum Gasteiger partial charge on any atom is -0.0616 e. The number of hydrogen-bond acceptors (Lipinski definition) is 0. The average Bonchev–Trinajstić information content (AvgIpc) is 2.84. The molecule has 180 valence electrons. The Morgan fingerprint density at radius 2 is 0.583 bits per heavy atom. The Morgan fingerprint density at radius 1 is 0.306 bits per heavy atom. The predicted molar refractivity (Wildman–Crippen MR) is 160 cm³/mol. The summed E-state index contributed by atoms with van der Waals surface area (Å²) in [5, 5.41) is 10.6. The minimum atomic E-state index is 0.208. The third kappa shape index (κ3) is 5.00. The Hall–Kier alpha value is -3.64. The summed E-state index contributed by atoms with van der Waals surface area (Å²) >= 11 is 0. The molecular formula is C36H36. The average molecular weight is 469 g/mol. The molecule has 0 heteroatoms. The van der Waals surface area contributed by atoms with Crippen molar-refractivity contribution in [2.24, 2.45) is 0 Å². The molecule has 0 saturated carbocycles. The van der Waals surface area contributed by atoms with Crippen molar-refractivity contribution in [2.45, 2.75) is 52.4 Å². The first kappa shape index (κ1) is 24.1. The molecular weight excluding hydrogens is 432 g/mol. The van der Waals surface area contributed by atoms with Gasteiger partial charge in [0, 0.05) is 0 Å². The van der Waals surface area contributed by atoms with Crippen LogP contribution in [0.5, 0.6) is 0 Å². The Morgan fingerprint density at radius 3 is 0.889 bits per heavy atom. The summed E-state index contributed by atoms with van der Waals surface area (Å²) in [4.78, 5) is 0. The zero-order valence-corrected chi connectivity index (χ0v) is 22.4. The highest BCUT2D eigenvalue weighted by Crippen LogP contribution is 2.30. The van der Waals surface area contributed by atoms with E-state index in [1.54, 1.807) is 0 Å². The number of rotatable bonds is 0. The van der Waals surface area contributed by atoms with Gasteiger partial charge in [0.15, 0.2) is 0 Å². The van der Waals surface area contributed by atoms with Crippen LogP contribution in [0, 0.1) is 0 Å². The molecule has 6 aromatic rings. The number of benzene rings is 6. The van der Waals surface area contributed by atoms with Crippen LogP contribution in [0.4, 0.5) is 0 Å². The Kier molecular flexibility index (Phi) is 6.08. The molecule has 0 radical (unpaired) electrons. The molecule has 6 aromatic carbocycles. The molecule has 0 aliphatic heterocycles. The van der Waals surface area contributed by atoms with E-state index >= 15 is 0 Å². The molecule has 0 spiro atoms. The van der Waals surface area contributed by atoms with Gasteiger partial charge in [-0.05, 0) is 89.3 Å². The molecule has 0 aliphatic rings. The first-order valence-corrected chi connectivity index (χ1v) is 12.9. The second-order valence-corrected chi connectivity index (χ2v) is 12.0. The molecule has 0 heterocycles. The maximum absolute atomic E-state index is 2.32. The van der Waals surface area contributed by atoms with Crippen LogP contribution in [0.25, 0.3) is 43.1 Å². The molecule has 0 aliphatic carbocycles. The molecule has 0 amide bonds. The minimum absolute atomic E-state index is 0.208. The smallest absolute Gasteiger partial charge is 0.0132 e. The van der Waals surface area contributed by atoms with Gasteiger partial charge in [0.2, 0.25) is 0 Å². The maximum atomic E-state index is 2.32. The monoisotopic (exact) mass is 468 g/mol. The van der Waals surface area contributed by atoms with E-state index in [0.29, 0.717) is 0 Å². The predicted octanol–water partition coefficient (Wildman–Crippen LogP) is 10.6. The molecule has 6 rings (SSSR count). The summed E-state index contributed by atoms with van der Waals surface area (Å²) in [6.07, 6.45) is 0. The van der Waals surface area contributed by atoms with E-state index in [0.717, 1.165) is 0 Å². The molecule has 0 fully saturated rings. The van der Waals surface area contributed by atoms with E-state index in [1.807, 2.05) is 0 Å². The molecule has 0 saturated heterocycles. The van der Waals surface area contributed by atoms with Crippen LogP contribution in [0.1, 0.15) is 52.7 Å². The third-order valence-electron chi connectivity index (χ3n) is 7.14. The lowest BCUT2D eigenvalue weighted by molar-refractivity contribution is 0.591. The topological polar surface area (TPSA) is 0 Å². The molecule has 0 unspecified atom stereocenters. The fraction of sp³-hybridized carbons (Fsp3) is 0.222. The molecule has 0 bridgehead atoms. The van der Waals surface area contributed by atoms with Crippen LogP contribution in [0.3, 0.4) is 0 Å². The van der Waals surface area contributed by atoms with Crippen LogP contribution >= 0.6 is 0 Å². The van der Waals surface area contributed by atoms with Crippen molar-refractivity contribution < 1.29 is 0 Å². The first-order valence-electron chi connectivity index (χ1n) is 12.9. The van der Waals surface area contributed by atoms with Crippen molar-refractivity contribution in [3.63, 3.8) is 0 Å². The van der Waals surface area contributed by atoms with Gasteiger partial charge >= 0.3 is 0 Å². The van der Waals surface area contributed by atoms with Crippen molar-refractivity contribution >= 4 is 43.1 Å². The SMILES string of the molecule is CC(C)(C)c1ccc2cc3ccccc3cc2c1.CC(C)(C)c1ccc2cc3ccccc3cc2c1. The zero-order valence-electron chi connectivity index (χ0n) is 22.4. The van der Waals surface area contributed by atoms with Crippen molar-refractivity contribution in [3.8, 4) is 0 Å². The highest BCUT2D eigenvalue weighted by atomic mass is 14.2. The van der Waals surface area contributed by atoms with E-state index < -0.39 is 0 Å². The summed E-state index contributed by atoms with van der Waals surface area (Å²) in [6, 6.07) is 39.8. The van der Waals surface area contributed by atoms with Crippen molar-refractivity contribution in [1.82, 2.24) is 0 Å². The summed E-state index contributed by atoms with van der Waals surface area (Å²) in [5.74, 6) is 0. The Balaban J connectivity index is 0.000000148. The Labute approximate surface area is 215 Å². The van der Waals surface area contributed by atoms with E-state index in [4.69, 9.17) is 0 Å². The van der Waals surface area contributed by atoms with E-state index in [9.17, 15) is 0 Å². The highest BCUT2D eigenvalue weighted by molar-refractivity contribution is 5.99. The molecule has 0 N–H and O–H groups in total. The second-order valence-electron chi connectivity index (χ2n) is 12.0. The first-order chi connectivity index (χ1) is 17.1. The van der Waals surface area contributed by atoms with Crippen LogP contribution in [0.2, 0.25) is 0 Å². The van der Waals surface area contributed by atoms with Crippen molar-refractivity contribution in [1.29, 1.82) is 0 Å². The van der Waals surface area contributed by atoms with Gasteiger partial charge in [-0.1, -0.05) is 126 Å². The van der Waals surface area contributed by atoms with Crippen molar-refractivity contribution in [3.05, 3.63) is 120 Å². The van der Waals surface area contributed by atoms with Gasteiger partial charge in [0.05, 0.1) is 0 Å². The van der Waals surface area contributed by atoms with Crippen LogP contribution in [0.15, 0.2) is 109 Å². The zero-order chi connectivity index (χ0) is 25.5. The second kappa shape index (κ2) is 9.10.